The summed E-state index contributed by atoms with van der Waals surface area (Å²) in [5.74, 6) is 0.453. The summed E-state index contributed by atoms with van der Waals surface area (Å²) in [6.45, 7) is 0.320. The topological polar surface area (TPSA) is 103 Å². The maximum Gasteiger partial charge on any atom is 0.258 e. The number of amides is 2. The van der Waals surface area contributed by atoms with Crippen LogP contribution in [0.2, 0.25) is 0 Å². The summed E-state index contributed by atoms with van der Waals surface area (Å²) in [5.41, 5.74) is 7.59. The minimum atomic E-state index is -0.249. The third-order valence-corrected chi connectivity index (χ3v) is 4.17. The van der Waals surface area contributed by atoms with Gasteiger partial charge in [-0.1, -0.05) is 12.1 Å². The SMILES string of the molecule is COc1ccc(NC(=O)c2ccc(CN)cc2)cc1OCC(=O)NC1CC1.Cl. The second-order valence-corrected chi connectivity index (χ2v) is 6.35. The number of methoxy groups -OCH3 is 1. The Morgan fingerprint density at radius 2 is 1.82 bits per heavy atom. The zero-order valence-corrected chi connectivity index (χ0v) is 16.4. The minimum absolute atomic E-state index is 0. The van der Waals surface area contributed by atoms with Crippen LogP contribution in [0.5, 0.6) is 11.5 Å². The van der Waals surface area contributed by atoms with Gasteiger partial charge < -0.3 is 25.8 Å². The van der Waals surface area contributed by atoms with Gasteiger partial charge in [0.15, 0.2) is 18.1 Å². The number of benzene rings is 2. The molecule has 2 aromatic rings. The number of hydrogen-bond acceptors (Lipinski definition) is 5. The Kier molecular flexibility index (Phi) is 7.66. The minimum Gasteiger partial charge on any atom is -0.493 e. The smallest absolute Gasteiger partial charge is 0.258 e. The van der Waals surface area contributed by atoms with Crippen molar-refractivity contribution in [1.82, 2.24) is 5.32 Å². The van der Waals surface area contributed by atoms with Gasteiger partial charge >= 0.3 is 0 Å². The van der Waals surface area contributed by atoms with Gasteiger partial charge in [0.1, 0.15) is 0 Å². The molecule has 2 aromatic carbocycles. The van der Waals surface area contributed by atoms with Crippen LogP contribution in [0.25, 0.3) is 0 Å². The highest BCUT2D eigenvalue weighted by atomic mass is 35.5. The lowest BCUT2D eigenvalue weighted by Gasteiger charge is -2.13. The predicted molar refractivity (Wildman–Crippen MR) is 109 cm³/mol. The Balaban J connectivity index is 0.00000280. The molecule has 1 aliphatic rings. The van der Waals surface area contributed by atoms with Crippen LogP contribution in [-0.4, -0.2) is 31.6 Å². The molecule has 8 heteroatoms. The summed E-state index contributed by atoms with van der Waals surface area (Å²) >= 11 is 0. The number of carbonyl (C=O) groups is 2. The molecule has 2 amide bonds. The Labute approximate surface area is 170 Å². The molecule has 0 atom stereocenters. The van der Waals surface area contributed by atoms with Gasteiger partial charge in [-0.15, -0.1) is 12.4 Å². The van der Waals surface area contributed by atoms with E-state index in [0.29, 0.717) is 29.3 Å². The summed E-state index contributed by atoms with van der Waals surface area (Å²) in [7, 11) is 1.52. The normalized spacial score (nSPS) is 12.5. The molecule has 0 spiro atoms. The Morgan fingerprint density at radius 3 is 2.43 bits per heavy atom. The van der Waals surface area contributed by atoms with Crippen molar-refractivity contribution >= 4 is 29.9 Å². The van der Waals surface area contributed by atoms with Gasteiger partial charge in [-0.25, -0.2) is 0 Å². The van der Waals surface area contributed by atoms with Crippen molar-refractivity contribution in [1.29, 1.82) is 0 Å². The van der Waals surface area contributed by atoms with Crippen LogP contribution >= 0.6 is 12.4 Å². The fourth-order valence-corrected chi connectivity index (χ4v) is 2.50. The zero-order valence-electron chi connectivity index (χ0n) is 15.6. The lowest BCUT2D eigenvalue weighted by molar-refractivity contribution is -0.123. The summed E-state index contributed by atoms with van der Waals surface area (Å²) in [5, 5.41) is 5.67. The number of carbonyl (C=O) groups excluding carboxylic acids is 2. The van der Waals surface area contributed by atoms with E-state index < -0.39 is 0 Å². The second-order valence-electron chi connectivity index (χ2n) is 6.35. The molecule has 1 saturated carbocycles. The first-order valence-corrected chi connectivity index (χ1v) is 8.79. The molecule has 3 rings (SSSR count). The number of anilines is 1. The lowest BCUT2D eigenvalue weighted by Crippen LogP contribution is -2.30. The van der Waals surface area contributed by atoms with Crippen LogP contribution in [0, 0.1) is 0 Å². The van der Waals surface area contributed by atoms with E-state index in [0.717, 1.165) is 18.4 Å². The molecule has 150 valence electrons. The first kappa shape index (κ1) is 21.5. The third kappa shape index (κ3) is 5.87. The standard InChI is InChI=1S/C20H23N3O4.ClH/c1-26-17-9-8-16(10-18(17)27-12-19(24)22-15-6-7-15)23-20(25)14-4-2-13(11-21)3-5-14;/h2-5,8-10,15H,6-7,11-12,21H2,1H3,(H,22,24)(H,23,25);1H. The molecule has 28 heavy (non-hydrogen) atoms. The second kappa shape index (κ2) is 9.96. The molecule has 1 aliphatic carbocycles. The van der Waals surface area contributed by atoms with Crippen LogP contribution < -0.4 is 25.8 Å². The van der Waals surface area contributed by atoms with E-state index in [-0.39, 0.29) is 36.9 Å². The molecule has 0 saturated heterocycles. The summed E-state index contributed by atoms with van der Waals surface area (Å²) in [6.07, 6.45) is 2.03. The molecule has 1 fully saturated rings. The summed E-state index contributed by atoms with van der Waals surface area (Å²) < 4.78 is 10.8. The van der Waals surface area contributed by atoms with Crippen LogP contribution in [0.3, 0.4) is 0 Å². The number of hydrogen-bond donors (Lipinski definition) is 3. The van der Waals surface area contributed by atoms with Crippen molar-refractivity contribution in [2.45, 2.75) is 25.4 Å². The monoisotopic (exact) mass is 405 g/mol. The van der Waals surface area contributed by atoms with E-state index >= 15 is 0 Å². The molecule has 0 unspecified atom stereocenters. The molecule has 4 N–H and O–H groups in total. The van der Waals surface area contributed by atoms with E-state index in [2.05, 4.69) is 10.6 Å². The molecule has 0 heterocycles. The molecule has 0 aromatic heterocycles. The number of nitrogens with two attached hydrogens (primary N) is 1. The molecule has 0 radical (unpaired) electrons. The first-order chi connectivity index (χ1) is 13.1. The van der Waals surface area contributed by atoms with E-state index in [1.54, 1.807) is 30.3 Å². The van der Waals surface area contributed by atoms with Crippen LogP contribution in [-0.2, 0) is 11.3 Å². The van der Waals surface area contributed by atoms with Gasteiger partial charge in [0.2, 0.25) is 0 Å². The predicted octanol–water partition coefficient (Wildman–Crippen LogP) is 2.49. The van der Waals surface area contributed by atoms with Crippen molar-refractivity contribution in [2.24, 2.45) is 5.73 Å². The number of nitrogens with one attached hydrogen (secondary N) is 2. The van der Waals surface area contributed by atoms with Gasteiger partial charge in [0, 0.05) is 29.9 Å². The molecule has 7 nitrogen and oxygen atoms in total. The van der Waals surface area contributed by atoms with Crippen molar-refractivity contribution < 1.29 is 19.1 Å². The highest BCUT2D eigenvalue weighted by Gasteiger charge is 2.23. The number of rotatable bonds is 8. The number of ether oxygens (including phenoxy) is 2. The van der Waals surface area contributed by atoms with Gasteiger partial charge in [-0.3, -0.25) is 9.59 Å². The quantitative estimate of drug-likeness (QED) is 0.626. The zero-order chi connectivity index (χ0) is 19.2. The molecule has 0 bridgehead atoms. The van der Waals surface area contributed by atoms with E-state index in [1.807, 2.05) is 12.1 Å². The molecular weight excluding hydrogens is 382 g/mol. The average Bonchev–Trinajstić information content (AvgIpc) is 3.50. The Hall–Kier alpha value is -2.77. The maximum absolute atomic E-state index is 12.4. The highest BCUT2D eigenvalue weighted by molar-refractivity contribution is 6.04. The van der Waals surface area contributed by atoms with Gasteiger partial charge in [0.25, 0.3) is 11.8 Å². The van der Waals surface area contributed by atoms with Gasteiger partial charge in [-0.2, -0.15) is 0 Å². The van der Waals surface area contributed by atoms with Crippen molar-refractivity contribution in [3.63, 3.8) is 0 Å². The van der Waals surface area contributed by atoms with Gasteiger partial charge in [0.05, 0.1) is 7.11 Å². The molecular formula is C20H24ClN3O4. The van der Waals surface area contributed by atoms with Crippen LogP contribution in [0.15, 0.2) is 42.5 Å². The van der Waals surface area contributed by atoms with Crippen molar-refractivity contribution in [2.75, 3.05) is 19.0 Å². The molecule has 0 aliphatic heterocycles. The van der Waals surface area contributed by atoms with E-state index in [1.165, 1.54) is 7.11 Å². The fraction of sp³-hybridized carbons (Fsp3) is 0.300. The van der Waals surface area contributed by atoms with Gasteiger partial charge in [-0.05, 0) is 42.7 Å². The summed E-state index contributed by atoms with van der Waals surface area (Å²) in [6, 6.07) is 12.4. The van der Waals surface area contributed by atoms with Crippen LogP contribution in [0.1, 0.15) is 28.8 Å². The summed E-state index contributed by atoms with van der Waals surface area (Å²) in [4.78, 5) is 24.2. The van der Waals surface area contributed by atoms with Crippen molar-refractivity contribution in [3.8, 4) is 11.5 Å². The fourth-order valence-electron chi connectivity index (χ4n) is 2.50. The lowest BCUT2D eigenvalue weighted by atomic mass is 10.1. The van der Waals surface area contributed by atoms with E-state index in [4.69, 9.17) is 15.2 Å². The van der Waals surface area contributed by atoms with Crippen LogP contribution in [0.4, 0.5) is 5.69 Å². The average molecular weight is 406 g/mol. The van der Waals surface area contributed by atoms with E-state index in [9.17, 15) is 9.59 Å². The Bertz CT molecular complexity index is 823. The number of halogens is 1. The maximum atomic E-state index is 12.4. The largest absolute Gasteiger partial charge is 0.493 e. The first-order valence-electron chi connectivity index (χ1n) is 8.79. The third-order valence-electron chi connectivity index (χ3n) is 4.17. The van der Waals surface area contributed by atoms with Crippen molar-refractivity contribution in [3.05, 3.63) is 53.6 Å². The highest BCUT2D eigenvalue weighted by Crippen LogP contribution is 2.30. The Morgan fingerprint density at radius 1 is 1.11 bits per heavy atom.